The number of benzene rings is 1. The van der Waals surface area contributed by atoms with Crippen molar-refractivity contribution in [3.63, 3.8) is 0 Å². The van der Waals surface area contributed by atoms with Gasteiger partial charge < -0.3 is 15.5 Å². The summed E-state index contributed by atoms with van der Waals surface area (Å²) in [4.78, 5) is 18.6. The van der Waals surface area contributed by atoms with Gasteiger partial charge in [0.05, 0.1) is 5.41 Å². The van der Waals surface area contributed by atoms with E-state index in [4.69, 9.17) is 0 Å². The first kappa shape index (κ1) is 18.3. The number of rotatable bonds is 5. The SMILES string of the molecule is CN=C(NCc1cccc(C)c1)NCC1(C(=O)N(C)C)CCCC1. The van der Waals surface area contributed by atoms with E-state index in [-0.39, 0.29) is 11.3 Å². The van der Waals surface area contributed by atoms with E-state index < -0.39 is 0 Å². The average Bonchev–Trinajstić information content (AvgIpc) is 3.04. The fraction of sp³-hybridized carbons (Fsp3) is 0.579. The lowest BCUT2D eigenvalue weighted by molar-refractivity contribution is -0.138. The molecule has 0 unspecified atom stereocenters. The molecule has 0 aromatic heterocycles. The molecule has 5 nitrogen and oxygen atoms in total. The number of aliphatic imine (C=N–C) groups is 1. The van der Waals surface area contributed by atoms with E-state index in [2.05, 4.69) is 46.8 Å². The second kappa shape index (κ2) is 8.18. The Hall–Kier alpha value is -2.04. The van der Waals surface area contributed by atoms with Gasteiger partial charge in [-0.25, -0.2) is 0 Å². The van der Waals surface area contributed by atoms with Gasteiger partial charge in [-0.2, -0.15) is 0 Å². The van der Waals surface area contributed by atoms with Gasteiger partial charge in [-0.15, -0.1) is 0 Å². The molecule has 1 aliphatic rings. The smallest absolute Gasteiger partial charge is 0.230 e. The number of guanidine groups is 1. The molecule has 1 aromatic rings. The monoisotopic (exact) mass is 330 g/mol. The van der Waals surface area contributed by atoms with Crippen LogP contribution in [0.25, 0.3) is 0 Å². The van der Waals surface area contributed by atoms with E-state index in [9.17, 15) is 4.79 Å². The molecule has 0 bridgehead atoms. The molecule has 132 valence electrons. The minimum Gasteiger partial charge on any atom is -0.355 e. The number of carbonyl (C=O) groups is 1. The van der Waals surface area contributed by atoms with Gasteiger partial charge in [-0.1, -0.05) is 42.7 Å². The molecule has 1 saturated carbocycles. The van der Waals surface area contributed by atoms with Crippen LogP contribution in [0.3, 0.4) is 0 Å². The summed E-state index contributed by atoms with van der Waals surface area (Å²) in [6.07, 6.45) is 4.14. The van der Waals surface area contributed by atoms with E-state index >= 15 is 0 Å². The summed E-state index contributed by atoms with van der Waals surface area (Å²) in [5.74, 6) is 0.968. The average molecular weight is 330 g/mol. The molecule has 1 fully saturated rings. The Balaban J connectivity index is 1.93. The van der Waals surface area contributed by atoms with Crippen LogP contribution in [0.2, 0.25) is 0 Å². The molecule has 1 aliphatic carbocycles. The predicted octanol–water partition coefficient (Wildman–Crippen LogP) is 2.31. The van der Waals surface area contributed by atoms with E-state index in [1.54, 1.807) is 11.9 Å². The Labute approximate surface area is 145 Å². The third-order valence-electron chi connectivity index (χ3n) is 4.78. The van der Waals surface area contributed by atoms with Crippen molar-refractivity contribution in [2.75, 3.05) is 27.7 Å². The molecule has 5 heteroatoms. The lowest BCUT2D eigenvalue weighted by Crippen LogP contribution is -2.49. The molecular weight excluding hydrogens is 300 g/mol. The van der Waals surface area contributed by atoms with Crippen LogP contribution in [0.5, 0.6) is 0 Å². The van der Waals surface area contributed by atoms with Crippen molar-refractivity contribution in [3.05, 3.63) is 35.4 Å². The minimum atomic E-state index is -0.287. The third kappa shape index (κ3) is 4.49. The summed E-state index contributed by atoms with van der Waals surface area (Å²) in [5.41, 5.74) is 2.18. The molecule has 0 atom stereocenters. The van der Waals surface area contributed by atoms with Crippen LogP contribution in [0, 0.1) is 12.3 Å². The first-order valence-corrected chi connectivity index (χ1v) is 8.69. The molecule has 0 heterocycles. The van der Waals surface area contributed by atoms with Crippen molar-refractivity contribution in [3.8, 4) is 0 Å². The van der Waals surface area contributed by atoms with Gasteiger partial charge in [-0.05, 0) is 25.3 Å². The Morgan fingerprint density at radius 1 is 1.25 bits per heavy atom. The highest BCUT2D eigenvalue weighted by Gasteiger charge is 2.42. The minimum absolute atomic E-state index is 0.224. The van der Waals surface area contributed by atoms with Crippen LogP contribution < -0.4 is 10.6 Å². The van der Waals surface area contributed by atoms with Gasteiger partial charge in [-0.3, -0.25) is 9.79 Å². The van der Waals surface area contributed by atoms with Gasteiger partial charge in [0.15, 0.2) is 5.96 Å². The van der Waals surface area contributed by atoms with Crippen molar-refractivity contribution in [2.45, 2.75) is 39.2 Å². The summed E-state index contributed by atoms with van der Waals surface area (Å²) >= 11 is 0. The van der Waals surface area contributed by atoms with E-state index in [1.807, 2.05) is 14.1 Å². The number of amides is 1. The Bertz CT molecular complexity index is 589. The van der Waals surface area contributed by atoms with E-state index in [0.29, 0.717) is 6.54 Å². The van der Waals surface area contributed by atoms with Crippen molar-refractivity contribution in [1.29, 1.82) is 0 Å². The van der Waals surface area contributed by atoms with Crippen molar-refractivity contribution >= 4 is 11.9 Å². The van der Waals surface area contributed by atoms with Crippen LogP contribution in [0.15, 0.2) is 29.3 Å². The molecule has 1 aromatic carbocycles. The molecule has 24 heavy (non-hydrogen) atoms. The van der Waals surface area contributed by atoms with Crippen LogP contribution in [-0.4, -0.2) is 44.5 Å². The maximum absolute atomic E-state index is 12.6. The highest BCUT2D eigenvalue weighted by atomic mass is 16.2. The van der Waals surface area contributed by atoms with Gasteiger partial charge in [0.2, 0.25) is 5.91 Å². The van der Waals surface area contributed by atoms with Gasteiger partial charge in [0, 0.05) is 34.2 Å². The first-order valence-electron chi connectivity index (χ1n) is 8.69. The maximum Gasteiger partial charge on any atom is 0.230 e. The third-order valence-corrected chi connectivity index (χ3v) is 4.78. The summed E-state index contributed by atoms with van der Waals surface area (Å²) in [6.45, 7) is 3.45. The molecule has 0 aliphatic heterocycles. The number of carbonyl (C=O) groups excluding carboxylic acids is 1. The first-order chi connectivity index (χ1) is 11.5. The molecule has 0 spiro atoms. The molecule has 1 amide bonds. The fourth-order valence-corrected chi connectivity index (χ4v) is 3.47. The highest BCUT2D eigenvalue weighted by Crippen LogP contribution is 2.38. The zero-order valence-corrected chi connectivity index (χ0v) is 15.4. The van der Waals surface area contributed by atoms with Crippen molar-refractivity contribution < 1.29 is 4.79 Å². The van der Waals surface area contributed by atoms with Crippen LogP contribution >= 0.6 is 0 Å². The van der Waals surface area contributed by atoms with Crippen molar-refractivity contribution in [1.82, 2.24) is 15.5 Å². The second-order valence-corrected chi connectivity index (χ2v) is 6.96. The number of hydrogen-bond acceptors (Lipinski definition) is 2. The zero-order chi connectivity index (χ0) is 17.6. The van der Waals surface area contributed by atoms with Crippen LogP contribution in [0.4, 0.5) is 0 Å². The van der Waals surface area contributed by atoms with E-state index in [0.717, 1.165) is 38.2 Å². The standard InChI is InChI=1S/C19H30N4O/c1-15-8-7-9-16(12-15)13-21-18(20-2)22-14-19(10-5-6-11-19)17(24)23(3)4/h7-9,12H,5-6,10-11,13-14H2,1-4H3,(H2,20,21,22). The Morgan fingerprint density at radius 3 is 2.54 bits per heavy atom. The van der Waals surface area contributed by atoms with Crippen LogP contribution in [0.1, 0.15) is 36.8 Å². The van der Waals surface area contributed by atoms with Crippen molar-refractivity contribution in [2.24, 2.45) is 10.4 Å². The molecule has 0 radical (unpaired) electrons. The normalized spacial score (nSPS) is 16.8. The van der Waals surface area contributed by atoms with Crippen LogP contribution in [-0.2, 0) is 11.3 Å². The molecular formula is C19H30N4O. The molecule has 0 saturated heterocycles. The molecule has 2 rings (SSSR count). The zero-order valence-electron chi connectivity index (χ0n) is 15.4. The predicted molar refractivity (Wildman–Crippen MR) is 99.0 cm³/mol. The fourth-order valence-electron chi connectivity index (χ4n) is 3.47. The topological polar surface area (TPSA) is 56.7 Å². The Kier molecular flexibility index (Phi) is 6.23. The summed E-state index contributed by atoms with van der Waals surface area (Å²) < 4.78 is 0. The maximum atomic E-state index is 12.6. The summed E-state index contributed by atoms with van der Waals surface area (Å²) in [7, 11) is 5.45. The largest absolute Gasteiger partial charge is 0.355 e. The molecule has 2 N–H and O–H groups in total. The number of nitrogens with one attached hydrogen (secondary N) is 2. The number of aryl methyl sites for hydroxylation is 1. The lowest BCUT2D eigenvalue weighted by Gasteiger charge is -2.31. The quantitative estimate of drug-likeness (QED) is 0.643. The number of nitrogens with zero attached hydrogens (tertiary/aromatic N) is 2. The lowest BCUT2D eigenvalue weighted by atomic mass is 9.84. The van der Waals surface area contributed by atoms with Gasteiger partial charge >= 0.3 is 0 Å². The summed E-state index contributed by atoms with van der Waals surface area (Å²) in [6, 6.07) is 8.41. The van der Waals surface area contributed by atoms with E-state index in [1.165, 1.54) is 11.1 Å². The Morgan fingerprint density at radius 2 is 1.96 bits per heavy atom. The van der Waals surface area contributed by atoms with Gasteiger partial charge in [0.25, 0.3) is 0 Å². The second-order valence-electron chi connectivity index (χ2n) is 6.96. The van der Waals surface area contributed by atoms with Gasteiger partial charge in [0.1, 0.15) is 0 Å². The summed E-state index contributed by atoms with van der Waals surface area (Å²) in [5, 5.41) is 6.70. The highest BCUT2D eigenvalue weighted by molar-refractivity contribution is 5.85. The number of hydrogen-bond donors (Lipinski definition) is 2.